The van der Waals surface area contributed by atoms with Crippen LogP contribution in [0.2, 0.25) is 5.02 Å². The summed E-state index contributed by atoms with van der Waals surface area (Å²) in [4.78, 5) is 41.1. The Morgan fingerprint density at radius 2 is 1.89 bits per heavy atom. The summed E-state index contributed by atoms with van der Waals surface area (Å²) in [6, 6.07) is 9.20. The highest BCUT2D eigenvalue weighted by molar-refractivity contribution is 6.30. The number of carbonyl (C=O) groups excluding carboxylic acids is 2. The van der Waals surface area contributed by atoms with Crippen molar-refractivity contribution in [2.45, 2.75) is 31.1 Å². The number of halogens is 4. The van der Waals surface area contributed by atoms with Gasteiger partial charge in [0, 0.05) is 29.9 Å². The van der Waals surface area contributed by atoms with Crippen molar-refractivity contribution in [3.63, 3.8) is 0 Å². The molecule has 0 aliphatic heterocycles. The van der Waals surface area contributed by atoms with E-state index in [1.165, 1.54) is 47.3 Å². The fourth-order valence-electron chi connectivity index (χ4n) is 3.47. The lowest BCUT2D eigenvalue weighted by atomic mass is 10.1. The first-order valence-electron chi connectivity index (χ1n) is 10.8. The van der Waals surface area contributed by atoms with Crippen LogP contribution in [0.4, 0.5) is 24.5 Å². The van der Waals surface area contributed by atoms with Crippen molar-refractivity contribution in [2.24, 2.45) is 7.05 Å². The lowest BCUT2D eigenvalue weighted by Gasteiger charge is -2.17. The van der Waals surface area contributed by atoms with Crippen molar-refractivity contribution < 1.29 is 22.8 Å². The monoisotopic (exact) mass is 519 g/mol. The number of nitrogens with one attached hydrogen (secondary N) is 3. The van der Waals surface area contributed by atoms with Gasteiger partial charge < -0.3 is 20.5 Å². The number of hydrogen-bond donors (Lipinski definition) is 3. The molecule has 3 aromatic rings. The number of amides is 2. The van der Waals surface area contributed by atoms with Gasteiger partial charge >= 0.3 is 6.18 Å². The van der Waals surface area contributed by atoms with E-state index in [1.54, 1.807) is 13.1 Å². The number of carbonyl (C=O) groups is 2. The Labute approximate surface area is 208 Å². The molecule has 2 amide bonds. The average molecular weight is 520 g/mol. The predicted octanol–water partition coefficient (Wildman–Crippen LogP) is 3.77. The van der Waals surface area contributed by atoms with Crippen molar-refractivity contribution in [1.82, 2.24) is 20.2 Å². The van der Waals surface area contributed by atoms with Gasteiger partial charge in [-0.15, -0.1) is 0 Å². The molecule has 3 N–H and O–H groups in total. The van der Waals surface area contributed by atoms with E-state index >= 15 is 0 Å². The van der Waals surface area contributed by atoms with Gasteiger partial charge in [0.05, 0.1) is 35.4 Å². The average Bonchev–Trinajstić information content (AvgIpc) is 3.61. The molecule has 1 fully saturated rings. The van der Waals surface area contributed by atoms with Crippen molar-refractivity contribution in [3.8, 4) is 0 Å². The Morgan fingerprint density at radius 1 is 1.14 bits per heavy atom. The Morgan fingerprint density at radius 3 is 2.50 bits per heavy atom. The molecule has 2 aromatic heterocycles. The third-order valence-corrected chi connectivity index (χ3v) is 5.96. The summed E-state index contributed by atoms with van der Waals surface area (Å²) in [5, 5.41) is 8.06. The fraction of sp³-hybridized carbons (Fsp3) is 0.250. The predicted molar refractivity (Wildman–Crippen MR) is 127 cm³/mol. The maximum absolute atomic E-state index is 13.3. The largest absolute Gasteiger partial charge is 0.418 e. The lowest BCUT2D eigenvalue weighted by molar-refractivity contribution is -0.137. The van der Waals surface area contributed by atoms with E-state index in [0.29, 0.717) is 24.2 Å². The standard InChI is InChI=1S/C24H21ClF3N5O3/c1-33-9-6-14(10-20(33)34)21(35)32-23(7-8-23)22(36)30-12-16-3-4-17(13-29-16)31-19-5-2-15(25)11-18(19)24(26,27)28/h2-6,9-11,13,31H,7-8,12H2,1H3,(H,30,36)(H,32,35). The zero-order chi connectivity index (χ0) is 26.1. The molecule has 0 radical (unpaired) electrons. The van der Waals surface area contributed by atoms with E-state index in [2.05, 4.69) is 20.9 Å². The Bertz CT molecular complexity index is 1370. The van der Waals surface area contributed by atoms with Crippen LogP contribution in [0.3, 0.4) is 0 Å². The first-order chi connectivity index (χ1) is 17.0. The van der Waals surface area contributed by atoms with Crippen molar-refractivity contribution >= 4 is 34.8 Å². The molecular formula is C24H21ClF3N5O3. The van der Waals surface area contributed by atoms with E-state index in [0.717, 1.165) is 6.07 Å². The summed E-state index contributed by atoms with van der Waals surface area (Å²) in [7, 11) is 1.56. The van der Waals surface area contributed by atoms with Crippen LogP contribution in [0.1, 0.15) is 34.5 Å². The first kappa shape index (κ1) is 25.2. The molecule has 1 aliphatic rings. The van der Waals surface area contributed by atoms with Crippen molar-refractivity contribution in [3.05, 3.63) is 87.1 Å². The second-order valence-electron chi connectivity index (χ2n) is 8.43. The minimum absolute atomic E-state index is 0.0327. The molecule has 188 valence electrons. The zero-order valence-corrected chi connectivity index (χ0v) is 19.7. The minimum Gasteiger partial charge on any atom is -0.354 e. The Kier molecular flexibility index (Phi) is 6.77. The molecule has 2 heterocycles. The maximum atomic E-state index is 13.3. The van der Waals surface area contributed by atoms with Gasteiger partial charge in [0.15, 0.2) is 0 Å². The molecular weight excluding hydrogens is 499 g/mol. The molecule has 0 spiro atoms. The van der Waals surface area contributed by atoms with Gasteiger partial charge in [-0.2, -0.15) is 13.2 Å². The van der Waals surface area contributed by atoms with Crippen LogP contribution in [0, 0.1) is 0 Å². The highest BCUT2D eigenvalue weighted by atomic mass is 35.5. The van der Waals surface area contributed by atoms with Crippen LogP contribution in [-0.2, 0) is 24.6 Å². The molecule has 36 heavy (non-hydrogen) atoms. The Hall–Kier alpha value is -3.86. The van der Waals surface area contributed by atoms with E-state index in [1.807, 2.05) is 0 Å². The second kappa shape index (κ2) is 9.65. The normalized spacial score (nSPS) is 14.1. The molecule has 12 heteroatoms. The molecule has 0 saturated heterocycles. The third-order valence-electron chi connectivity index (χ3n) is 5.72. The number of rotatable bonds is 7. The third kappa shape index (κ3) is 5.68. The van der Waals surface area contributed by atoms with Crippen LogP contribution in [-0.4, -0.2) is 26.9 Å². The molecule has 4 rings (SSSR count). The van der Waals surface area contributed by atoms with Crippen LogP contribution in [0.15, 0.2) is 59.7 Å². The van der Waals surface area contributed by atoms with Gasteiger partial charge in [0.25, 0.3) is 11.5 Å². The van der Waals surface area contributed by atoms with E-state index in [-0.39, 0.29) is 34.3 Å². The first-order valence-corrected chi connectivity index (χ1v) is 11.2. The van der Waals surface area contributed by atoms with Gasteiger partial charge in [-0.3, -0.25) is 19.4 Å². The number of hydrogen-bond acceptors (Lipinski definition) is 5. The van der Waals surface area contributed by atoms with Crippen molar-refractivity contribution in [2.75, 3.05) is 5.32 Å². The van der Waals surface area contributed by atoms with Crippen LogP contribution < -0.4 is 21.5 Å². The second-order valence-corrected chi connectivity index (χ2v) is 8.87. The SMILES string of the molecule is Cn1ccc(C(=O)NC2(C(=O)NCc3ccc(Nc4ccc(Cl)cc4C(F)(F)F)cn3)CC2)cc1=O. The molecule has 8 nitrogen and oxygen atoms in total. The quantitative estimate of drug-likeness (QED) is 0.441. The summed E-state index contributed by atoms with van der Waals surface area (Å²) in [6.45, 7) is 0.0529. The van der Waals surface area contributed by atoms with Crippen LogP contribution in [0.25, 0.3) is 0 Å². The van der Waals surface area contributed by atoms with Gasteiger partial charge in [-0.1, -0.05) is 11.6 Å². The van der Waals surface area contributed by atoms with Gasteiger partial charge in [-0.05, 0) is 49.2 Å². The van der Waals surface area contributed by atoms with Gasteiger partial charge in [0.1, 0.15) is 5.54 Å². The van der Waals surface area contributed by atoms with Crippen molar-refractivity contribution in [1.29, 1.82) is 0 Å². The summed E-state index contributed by atoms with van der Waals surface area (Å²) >= 11 is 5.70. The van der Waals surface area contributed by atoms with Crippen LogP contribution >= 0.6 is 11.6 Å². The minimum atomic E-state index is -4.59. The number of aromatic nitrogens is 2. The Balaban J connectivity index is 1.35. The van der Waals surface area contributed by atoms with Crippen LogP contribution in [0.5, 0.6) is 0 Å². The smallest absolute Gasteiger partial charge is 0.354 e. The lowest BCUT2D eigenvalue weighted by Crippen LogP contribution is -2.49. The summed E-state index contributed by atoms with van der Waals surface area (Å²) in [6.07, 6.45) is -0.865. The fourth-order valence-corrected chi connectivity index (χ4v) is 3.64. The molecule has 0 unspecified atom stereocenters. The van der Waals surface area contributed by atoms with Gasteiger partial charge in [0.2, 0.25) is 5.91 Å². The molecule has 0 bridgehead atoms. The van der Waals surface area contributed by atoms with E-state index in [9.17, 15) is 27.6 Å². The number of benzene rings is 1. The van der Waals surface area contributed by atoms with Gasteiger partial charge in [-0.25, -0.2) is 0 Å². The zero-order valence-electron chi connectivity index (χ0n) is 18.9. The molecule has 1 aliphatic carbocycles. The highest BCUT2D eigenvalue weighted by Gasteiger charge is 2.51. The summed E-state index contributed by atoms with van der Waals surface area (Å²) in [5.74, 6) is -0.908. The number of nitrogens with zero attached hydrogens (tertiary/aromatic N) is 2. The molecule has 0 atom stereocenters. The topological polar surface area (TPSA) is 105 Å². The number of alkyl halides is 3. The summed E-state index contributed by atoms with van der Waals surface area (Å²) in [5.41, 5.74) is -1.52. The summed E-state index contributed by atoms with van der Waals surface area (Å²) < 4.78 is 41.2. The maximum Gasteiger partial charge on any atom is 0.418 e. The van der Waals surface area contributed by atoms with E-state index in [4.69, 9.17) is 11.6 Å². The number of pyridine rings is 2. The molecule has 1 aromatic carbocycles. The highest BCUT2D eigenvalue weighted by Crippen LogP contribution is 2.38. The van der Waals surface area contributed by atoms with E-state index < -0.39 is 23.2 Å². The molecule has 1 saturated carbocycles. The number of anilines is 2. The number of aryl methyl sites for hydroxylation is 1.